The van der Waals surface area contributed by atoms with E-state index in [1.165, 1.54) is 24.5 Å². The van der Waals surface area contributed by atoms with Gasteiger partial charge in [0.05, 0.1) is 17.4 Å². The highest BCUT2D eigenvalue weighted by molar-refractivity contribution is 6.03. The van der Waals surface area contributed by atoms with Gasteiger partial charge in [-0.2, -0.15) is 0 Å². The van der Waals surface area contributed by atoms with Gasteiger partial charge in [-0.25, -0.2) is 4.98 Å². The van der Waals surface area contributed by atoms with Crippen molar-refractivity contribution in [3.8, 4) is 0 Å². The molecule has 6 nitrogen and oxygen atoms in total. The van der Waals surface area contributed by atoms with E-state index < -0.39 is 0 Å². The molecule has 0 aromatic carbocycles. The van der Waals surface area contributed by atoms with Crippen LogP contribution in [0.2, 0.25) is 0 Å². The van der Waals surface area contributed by atoms with E-state index in [0.29, 0.717) is 17.1 Å². The second kappa shape index (κ2) is 4.48. The van der Waals surface area contributed by atoms with Gasteiger partial charge in [0.1, 0.15) is 5.82 Å². The van der Waals surface area contributed by atoms with Gasteiger partial charge in [0.15, 0.2) is 0 Å². The molecule has 0 aliphatic heterocycles. The Bertz CT molecular complexity index is 569. The van der Waals surface area contributed by atoms with E-state index in [4.69, 9.17) is 5.73 Å². The fourth-order valence-corrected chi connectivity index (χ4v) is 1.23. The molecule has 0 fully saturated rings. The number of anilines is 2. The lowest BCUT2D eigenvalue weighted by atomic mass is 10.2. The largest absolute Gasteiger partial charge is 0.384 e. The van der Waals surface area contributed by atoms with Crippen LogP contribution >= 0.6 is 0 Å². The van der Waals surface area contributed by atoms with Crippen LogP contribution in [0.5, 0.6) is 0 Å². The van der Waals surface area contributed by atoms with Crippen LogP contribution in [0, 0.1) is 0 Å². The summed E-state index contributed by atoms with van der Waals surface area (Å²) in [6.07, 6.45) is 2.81. The maximum Gasteiger partial charge on any atom is 0.257 e. The highest BCUT2D eigenvalue weighted by Gasteiger charge is 2.05. The number of pyridine rings is 2. The van der Waals surface area contributed by atoms with Crippen molar-refractivity contribution in [2.45, 2.75) is 0 Å². The normalized spacial score (nSPS) is 9.88. The van der Waals surface area contributed by atoms with Crippen molar-refractivity contribution in [2.24, 2.45) is 0 Å². The first-order chi connectivity index (χ1) is 8.15. The molecule has 0 aliphatic rings. The second-order valence-electron chi connectivity index (χ2n) is 3.37. The molecule has 86 valence electrons. The first-order valence-electron chi connectivity index (χ1n) is 4.87. The number of H-pyrrole nitrogens is 1. The average Bonchev–Trinajstić information content (AvgIpc) is 2.33. The summed E-state index contributed by atoms with van der Waals surface area (Å²) in [4.78, 5) is 28.8. The van der Waals surface area contributed by atoms with Gasteiger partial charge in [0, 0.05) is 12.3 Å². The summed E-state index contributed by atoms with van der Waals surface area (Å²) < 4.78 is 0. The van der Waals surface area contributed by atoms with Crippen molar-refractivity contribution in [3.63, 3.8) is 0 Å². The Balaban J connectivity index is 2.14. The number of hydrogen-bond acceptors (Lipinski definition) is 4. The van der Waals surface area contributed by atoms with Crippen LogP contribution in [0.25, 0.3) is 0 Å². The summed E-state index contributed by atoms with van der Waals surface area (Å²) in [5.41, 5.74) is 6.07. The van der Waals surface area contributed by atoms with Gasteiger partial charge in [0.25, 0.3) is 5.91 Å². The van der Waals surface area contributed by atoms with E-state index in [9.17, 15) is 9.59 Å². The Kier molecular flexibility index (Phi) is 2.87. The Morgan fingerprint density at radius 1 is 1.29 bits per heavy atom. The summed E-state index contributed by atoms with van der Waals surface area (Å²) in [6.45, 7) is 0. The van der Waals surface area contributed by atoms with E-state index in [2.05, 4.69) is 15.3 Å². The molecule has 6 heteroatoms. The van der Waals surface area contributed by atoms with Crippen LogP contribution in [0.15, 0.2) is 41.5 Å². The van der Waals surface area contributed by atoms with Crippen molar-refractivity contribution in [3.05, 3.63) is 52.6 Å². The van der Waals surface area contributed by atoms with Crippen molar-refractivity contribution in [1.82, 2.24) is 9.97 Å². The molecule has 0 saturated heterocycles. The number of carbonyl (C=O) groups is 1. The molecule has 0 radical (unpaired) electrons. The number of aromatic amines is 1. The van der Waals surface area contributed by atoms with Gasteiger partial charge >= 0.3 is 0 Å². The lowest BCUT2D eigenvalue weighted by Gasteiger charge is -2.04. The number of nitrogens with one attached hydrogen (secondary N) is 2. The second-order valence-corrected chi connectivity index (χ2v) is 3.37. The van der Waals surface area contributed by atoms with E-state index in [0.717, 1.165) is 0 Å². The predicted octanol–water partition coefficient (Wildman–Crippen LogP) is 0.604. The number of hydrogen-bond donors (Lipinski definition) is 3. The lowest BCUT2D eigenvalue weighted by Crippen LogP contribution is -2.14. The average molecular weight is 230 g/mol. The molecule has 17 heavy (non-hydrogen) atoms. The summed E-state index contributed by atoms with van der Waals surface area (Å²) in [5.74, 6) is 0.0554. The van der Waals surface area contributed by atoms with Crippen molar-refractivity contribution < 1.29 is 4.79 Å². The quantitative estimate of drug-likeness (QED) is 0.703. The minimum Gasteiger partial charge on any atom is -0.384 e. The van der Waals surface area contributed by atoms with E-state index in [1.54, 1.807) is 12.1 Å². The molecule has 4 N–H and O–H groups in total. The van der Waals surface area contributed by atoms with Crippen LogP contribution < -0.4 is 16.6 Å². The van der Waals surface area contributed by atoms with Crippen LogP contribution in [0.4, 0.5) is 11.5 Å². The molecular weight excluding hydrogens is 220 g/mol. The summed E-state index contributed by atoms with van der Waals surface area (Å²) >= 11 is 0. The molecular formula is C11H10N4O2. The Hall–Kier alpha value is -2.63. The SMILES string of the molecule is Nc1ccc(NC(=O)c2ccc(=O)[nH]c2)cn1. The Morgan fingerprint density at radius 2 is 2.12 bits per heavy atom. The van der Waals surface area contributed by atoms with Crippen molar-refractivity contribution in [2.75, 3.05) is 11.1 Å². The number of amides is 1. The fraction of sp³-hybridized carbons (Fsp3) is 0. The number of nitrogen functional groups attached to an aromatic ring is 1. The van der Waals surface area contributed by atoms with Gasteiger partial charge in [-0.1, -0.05) is 0 Å². The highest BCUT2D eigenvalue weighted by atomic mass is 16.1. The zero-order chi connectivity index (χ0) is 12.3. The van der Waals surface area contributed by atoms with Gasteiger partial charge < -0.3 is 16.0 Å². The number of carbonyl (C=O) groups excluding carboxylic acids is 1. The third kappa shape index (κ3) is 2.69. The standard InChI is InChI=1S/C11H10N4O2/c12-9-3-2-8(6-13-9)15-11(17)7-1-4-10(16)14-5-7/h1-6H,(H2,12,13)(H,14,16)(H,15,17). The smallest absolute Gasteiger partial charge is 0.257 e. The Morgan fingerprint density at radius 3 is 2.71 bits per heavy atom. The van der Waals surface area contributed by atoms with Crippen LogP contribution in [-0.4, -0.2) is 15.9 Å². The van der Waals surface area contributed by atoms with Crippen molar-refractivity contribution in [1.29, 1.82) is 0 Å². The molecule has 2 heterocycles. The van der Waals surface area contributed by atoms with Crippen molar-refractivity contribution >= 4 is 17.4 Å². The molecule has 0 unspecified atom stereocenters. The first kappa shape index (κ1) is 10.9. The van der Waals surface area contributed by atoms with Crippen LogP contribution in [0.3, 0.4) is 0 Å². The maximum atomic E-state index is 11.7. The maximum absolute atomic E-state index is 11.7. The molecule has 0 aliphatic carbocycles. The minimum absolute atomic E-state index is 0.254. The molecule has 2 rings (SSSR count). The molecule has 0 saturated carbocycles. The number of rotatable bonds is 2. The zero-order valence-electron chi connectivity index (χ0n) is 8.81. The monoisotopic (exact) mass is 230 g/mol. The molecule has 2 aromatic rings. The van der Waals surface area contributed by atoms with Gasteiger partial charge in [-0.15, -0.1) is 0 Å². The van der Waals surface area contributed by atoms with Gasteiger partial charge in [0.2, 0.25) is 5.56 Å². The Labute approximate surface area is 96.5 Å². The summed E-state index contributed by atoms with van der Waals surface area (Å²) in [7, 11) is 0. The van der Waals surface area contributed by atoms with Gasteiger partial charge in [-0.3, -0.25) is 9.59 Å². The number of aromatic nitrogens is 2. The molecule has 2 aromatic heterocycles. The third-order valence-electron chi connectivity index (χ3n) is 2.09. The first-order valence-corrected chi connectivity index (χ1v) is 4.87. The minimum atomic E-state index is -0.326. The number of nitrogens with zero attached hydrogens (tertiary/aromatic N) is 1. The zero-order valence-corrected chi connectivity index (χ0v) is 8.81. The molecule has 0 bridgehead atoms. The third-order valence-corrected chi connectivity index (χ3v) is 2.09. The van der Waals surface area contributed by atoms with E-state index >= 15 is 0 Å². The summed E-state index contributed by atoms with van der Waals surface area (Å²) in [5, 5.41) is 2.63. The highest BCUT2D eigenvalue weighted by Crippen LogP contribution is 2.08. The van der Waals surface area contributed by atoms with Gasteiger partial charge in [-0.05, 0) is 18.2 Å². The number of nitrogens with two attached hydrogens (primary N) is 1. The van der Waals surface area contributed by atoms with Crippen LogP contribution in [0.1, 0.15) is 10.4 Å². The fourth-order valence-electron chi connectivity index (χ4n) is 1.23. The lowest BCUT2D eigenvalue weighted by molar-refractivity contribution is 0.102. The van der Waals surface area contributed by atoms with Crippen LogP contribution in [-0.2, 0) is 0 Å². The molecule has 0 atom stereocenters. The molecule has 0 spiro atoms. The van der Waals surface area contributed by atoms with E-state index in [-0.39, 0.29) is 11.5 Å². The molecule has 1 amide bonds. The van der Waals surface area contributed by atoms with E-state index in [1.807, 2.05) is 0 Å². The summed E-state index contributed by atoms with van der Waals surface area (Å²) in [6, 6.07) is 5.96. The predicted molar refractivity (Wildman–Crippen MR) is 63.7 cm³/mol. The topological polar surface area (TPSA) is 101 Å².